The van der Waals surface area contributed by atoms with Crippen molar-refractivity contribution in [2.75, 3.05) is 6.61 Å². The van der Waals surface area contributed by atoms with Gasteiger partial charge in [0.15, 0.2) is 0 Å². The second-order valence-corrected chi connectivity index (χ2v) is 8.72. The zero-order valence-corrected chi connectivity index (χ0v) is 19.6. The van der Waals surface area contributed by atoms with Crippen molar-refractivity contribution >= 4 is 22.6 Å². The van der Waals surface area contributed by atoms with Gasteiger partial charge >= 0.3 is 0 Å². The van der Waals surface area contributed by atoms with E-state index >= 15 is 0 Å². The van der Waals surface area contributed by atoms with Gasteiger partial charge in [-0.3, -0.25) is 0 Å². The van der Waals surface area contributed by atoms with Crippen LogP contribution >= 0.6 is 22.6 Å². The molecule has 0 radical (unpaired) electrons. The fraction of sp³-hybridized carbons (Fsp3) is 0.143. The van der Waals surface area contributed by atoms with Crippen LogP contribution in [-0.2, 0) is 10.3 Å². The Balaban J connectivity index is 1.70. The summed E-state index contributed by atoms with van der Waals surface area (Å²) in [5.41, 5.74) is 2.55. The highest BCUT2D eigenvalue weighted by atomic mass is 127. The number of ether oxygens (including phenoxy) is 2. The molecule has 0 saturated carbocycles. The Morgan fingerprint density at radius 1 is 0.645 bits per heavy atom. The van der Waals surface area contributed by atoms with Crippen molar-refractivity contribution in [2.45, 2.75) is 18.6 Å². The first-order valence-corrected chi connectivity index (χ1v) is 11.5. The van der Waals surface area contributed by atoms with Gasteiger partial charge in [0.05, 0.1) is 6.61 Å². The first-order chi connectivity index (χ1) is 15.2. The van der Waals surface area contributed by atoms with Gasteiger partial charge in [0.25, 0.3) is 0 Å². The zero-order chi connectivity index (χ0) is 21.5. The summed E-state index contributed by atoms with van der Waals surface area (Å²) in [5.74, 6) is 0.848. The maximum absolute atomic E-state index is 6.82. The molecule has 0 amide bonds. The molecule has 4 aromatic carbocycles. The predicted octanol–water partition coefficient (Wildman–Crippen LogP) is 7.07. The van der Waals surface area contributed by atoms with Crippen molar-refractivity contribution in [1.29, 1.82) is 0 Å². The van der Waals surface area contributed by atoms with E-state index < -0.39 is 5.60 Å². The molecule has 156 valence electrons. The van der Waals surface area contributed by atoms with E-state index in [0.717, 1.165) is 22.4 Å². The van der Waals surface area contributed by atoms with Crippen LogP contribution in [0.5, 0.6) is 5.75 Å². The van der Waals surface area contributed by atoms with Crippen LogP contribution < -0.4 is 4.74 Å². The highest BCUT2D eigenvalue weighted by Gasteiger charge is 2.37. The Morgan fingerprint density at radius 2 is 1.06 bits per heavy atom. The molecule has 0 aliphatic heterocycles. The molecule has 0 heterocycles. The van der Waals surface area contributed by atoms with Crippen LogP contribution in [0.15, 0.2) is 115 Å². The molecule has 0 saturated heterocycles. The molecule has 0 fully saturated rings. The molecule has 0 N–H and O–H groups in total. The van der Waals surface area contributed by atoms with Crippen LogP contribution in [0, 0.1) is 3.57 Å². The average molecular weight is 520 g/mol. The molecule has 2 nitrogen and oxygen atoms in total. The standard InChI is InChI=1S/C28H25IO2/c1-22(31-27-19-17-26(29)18-20-27)21-30-28(23-11-5-2-6-12-23,24-13-7-3-8-14-24)25-15-9-4-10-16-25/h2-20,22H,21H2,1H3. The fourth-order valence-corrected chi connectivity index (χ4v) is 4.15. The molecule has 0 spiro atoms. The summed E-state index contributed by atoms with van der Waals surface area (Å²) in [6.07, 6.45) is -0.115. The van der Waals surface area contributed by atoms with Crippen LogP contribution in [0.25, 0.3) is 0 Å². The van der Waals surface area contributed by atoms with E-state index in [2.05, 4.69) is 95.4 Å². The lowest BCUT2D eigenvalue weighted by Gasteiger charge is -2.36. The first-order valence-electron chi connectivity index (χ1n) is 10.4. The molecule has 3 heteroatoms. The summed E-state index contributed by atoms with van der Waals surface area (Å²) in [5, 5.41) is 0. The summed E-state index contributed by atoms with van der Waals surface area (Å²) in [4.78, 5) is 0. The minimum atomic E-state index is -0.729. The molecule has 0 aromatic heterocycles. The Morgan fingerprint density at radius 3 is 1.48 bits per heavy atom. The van der Waals surface area contributed by atoms with E-state index in [1.165, 1.54) is 3.57 Å². The molecule has 31 heavy (non-hydrogen) atoms. The normalized spacial score (nSPS) is 12.3. The predicted molar refractivity (Wildman–Crippen MR) is 134 cm³/mol. The Labute approximate surface area is 198 Å². The SMILES string of the molecule is CC(COC(c1ccccc1)(c1ccccc1)c1ccccc1)Oc1ccc(I)cc1. The molecule has 4 rings (SSSR count). The van der Waals surface area contributed by atoms with E-state index in [-0.39, 0.29) is 6.10 Å². The van der Waals surface area contributed by atoms with Crippen LogP contribution in [-0.4, -0.2) is 12.7 Å². The highest BCUT2D eigenvalue weighted by Crippen LogP contribution is 2.40. The van der Waals surface area contributed by atoms with Gasteiger partial charge in [-0.05, 0) is 70.5 Å². The first kappa shape index (κ1) is 21.6. The quantitative estimate of drug-likeness (QED) is 0.183. The third kappa shape index (κ3) is 5.00. The Hall–Kier alpha value is -2.63. The van der Waals surface area contributed by atoms with Crippen LogP contribution in [0.4, 0.5) is 0 Å². The van der Waals surface area contributed by atoms with Crippen molar-refractivity contribution in [3.63, 3.8) is 0 Å². The number of halogens is 1. The molecular weight excluding hydrogens is 495 g/mol. The molecule has 1 unspecified atom stereocenters. The number of hydrogen-bond acceptors (Lipinski definition) is 2. The van der Waals surface area contributed by atoms with Gasteiger partial charge in [-0.1, -0.05) is 91.0 Å². The van der Waals surface area contributed by atoms with Gasteiger partial charge in [0.1, 0.15) is 17.5 Å². The minimum absolute atomic E-state index is 0.115. The largest absolute Gasteiger partial charge is 0.488 e. The van der Waals surface area contributed by atoms with E-state index in [9.17, 15) is 0 Å². The van der Waals surface area contributed by atoms with E-state index in [1.54, 1.807) is 0 Å². The minimum Gasteiger partial charge on any atom is -0.488 e. The topological polar surface area (TPSA) is 18.5 Å². The fourth-order valence-electron chi connectivity index (χ4n) is 3.79. The lowest BCUT2D eigenvalue weighted by molar-refractivity contribution is -0.0256. The molecule has 1 atom stereocenters. The van der Waals surface area contributed by atoms with Crippen molar-refractivity contribution < 1.29 is 9.47 Å². The molecule has 4 aromatic rings. The number of benzene rings is 4. The van der Waals surface area contributed by atoms with E-state index in [1.807, 2.05) is 49.4 Å². The number of rotatable bonds is 8. The highest BCUT2D eigenvalue weighted by molar-refractivity contribution is 14.1. The second-order valence-electron chi connectivity index (χ2n) is 7.47. The molecule has 0 aliphatic rings. The van der Waals surface area contributed by atoms with E-state index in [0.29, 0.717) is 6.61 Å². The summed E-state index contributed by atoms with van der Waals surface area (Å²) < 4.78 is 14.1. The van der Waals surface area contributed by atoms with Gasteiger partial charge in [-0.25, -0.2) is 0 Å². The maximum atomic E-state index is 6.82. The van der Waals surface area contributed by atoms with Gasteiger partial charge in [-0.15, -0.1) is 0 Å². The summed E-state index contributed by atoms with van der Waals surface area (Å²) in [6, 6.07) is 39.3. The van der Waals surface area contributed by atoms with Gasteiger partial charge in [-0.2, -0.15) is 0 Å². The Bertz CT molecular complexity index is 968. The van der Waals surface area contributed by atoms with Gasteiger partial charge in [0.2, 0.25) is 0 Å². The second kappa shape index (κ2) is 10.1. The summed E-state index contributed by atoms with van der Waals surface area (Å²) >= 11 is 2.30. The van der Waals surface area contributed by atoms with Crippen molar-refractivity contribution in [1.82, 2.24) is 0 Å². The zero-order valence-electron chi connectivity index (χ0n) is 17.4. The monoisotopic (exact) mass is 520 g/mol. The smallest absolute Gasteiger partial charge is 0.143 e. The number of hydrogen-bond donors (Lipinski definition) is 0. The van der Waals surface area contributed by atoms with Gasteiger partial charge in [0, 0.05) is 3.57 Å². The lowest BCUT2D eigenvalue weighted by Crippen LogP contribution is -2.36. The molecular formula is C28H25IO2. The summed E-state index contributed by atoms with van der Waals surface area (Å²) in [6.45, 7) is 2.48. The van der Waals surface area contributed by atoms with Crippen LogP contribution in [0.2, 0.25) is 0 Å². The average Bonchev–Trinajstić information content (AvgIpc) is 2.83. The van der Waals surface area contributed by atoms with Crippen LogP contribution in [0.3, 0.4) is 0 Å². The third-order valence-corrected chi connectivity index (χ3v) is 5.95. The van der Waals surface area contributed by atoms with E-state index in [4.69, 9.17) is 9.47 Å². The maximum Gasteiger partial charge on any atom is 0.143 e. The van der Waals surface area contributed by atoms with Crippen molar-refractivity contribution in [2.24, 2.45) is 0 Å². The van der Waals surface area contributed by atoms with Gasteiger partial charge < -0.3 is 9.47 Å². The Kier molecular flexibility index (Phi) is 7.05. The summed E-state index contributed by atoms with van der Waals surface area (Å²) in [7, 11) is 0. The van der Waals surface area contributed by atoms with Crippen molar-refractivity contribution in [3.8, 4) is 5.75 Å². The third-order valence-electron chi connectivity index (χ3n) is 5.23. The molecule has 0 aliphatic carbocycles. The van der Waals surface area contributed by atoms with Crippen LogP contribution in [0.1, 0.15) is 23.6 Å². The lowest BCUT2D eigenvalue weighted by atomic mass is 9.80. The molecule has 0 bridgehead atoms. The van der Waals surface area contributed by atoms with Crippen molar-refractivity contribution in [3.05, 3.63) is 136 Å².